The summed E-state index contributed by atoms with van der Waals surface area (Å²) in [7, 11) is 0. The number of aromatic nitrogens is 4. The van der Waals surface area contributed by atoms with E-state index in [1.807, 2.05) is 13.8 Å². The van der Waals surface area contributed by atoms with Crippen LogP contribution in [0.15, 0.2) is 6.07 Å². The highest BCUT2D eigenvalue weighted by Crippen LogP contribution is 2.61. The van der Waals surface area contributed by atoms with Gasteiger partial charge in [-0.25, -0.2) is 9.37 Å². The third kappa shape index (κ3) is 4.85. The van der Waals surface area contributed by atoms with Crippen LogP contribution in [0.4, 0.5) is 22.0 Å². The van der Waals surface area contributed by atoms with Crippen molar-refractivity contribution in [1.29, 1.82) is 0 Å². The van der Waals surface area contributed by atoms with Crippen molar-refractivity contribution in [2.24, 2.45) is 17.3 Å². The van der Waals surface area contributed by atoms with Gasteiger partial charge in [-0.15, -0.1) is 0 Å². The fourth-order valence-electron chi connectivity index (χ4n) is 6.86. The van der Waals surface area contributed by atoms with E-state index in [4.69, 9.17) is 4.74 Å². The van der Waals surface area contributed by atoms with Crippen LogP contribution in [-0.2, 0) is 16.1 Å². The first-order chi connectivity index (χ1) is 16.7. The number of halogens is 1. The van der Waals surface area contributed by atoms with Gasteiger partial charge < -0.3 is 20.5 Å². The standard InChI is InChI=1S/C25H35FN6O3/c1-4-5-6-19(33)35-12-17-20(26)22(28-18-7-14(2)31-32-18)30-23(27-17)29-21-16-8-15-9-24(21,3)13-25(34,10-15)11-16/h7,15-16,21,34H,4-6,8-13H2,1-3H3,(H3,27,28,29,30,31,32). The third-order valence-corrected chi connectivity index (χ3v) is 7.92. The molecule has 4 fully saturated rings. The van der Waals surface area contributed by atoms with Crippen LogP contribution < -0.4 is 10.6 Å². The molecule has 5 unspecified atom stereocenters. The number of aromatic amines is 1. The number of hydrogen-bond donors (Lipinski definition) is 4. The van der Waals surface area contributed by atoms with E-state index in [1.165, 1.54) is 0 Å². The van der Waals surface area contributed by atoms with Crippen molar-refractivity contribution in [2.75, 3.05) is 10.6 Å². The minimum absolute atomic E-state index is 0.00898. The first kappa shape index (κ1) is 24.0. The van der Waals surface area contributed by atoms with Gasteiger partial charge in [0.2, 0.25) is 5.95 Å². The number of nitrogens with zero attached hydrogens (tertiary/aromatic N) is 3. The molecular weight excluding hydrogens is 451 g/mol. The van der Waals surface area contributed by atoms with Crippen molar-refractivity contribution >= 4 is 23.6 Å². The first-order valence-electron chi connectivity index (χ1n) is 12.7. The van der Waals surface area contributed by atoms with Gasteiger partial charge in [0.25, 0.3) is 0 Å². The summed E-state index contributed by atoms with van der Waals surface area (Å²) in [5.41, 5.74) is 0.167. The SMILES string of the molecule is CCCCC(=O)OCc1nc(NC2C3CC4CC(O)(C3)CC2(C)C4)nc(Nc2cc(C)[nH]n2)c1F. The quantitative estimate of drug-likeness (QED) is 0.385. The molecule has 0 radical (unpaired) electrons. The van der Waals surface area contributed by atoms with Crippen LogP contribution >= 0.6 is 0 Å². The summed E-state index contributed by atoms with van der Waals surface area (Å²) in [5.74, 6) is 0.487. The molecule has 4 N–H and O–H groups in total. The van der Waals surface area contributed by atoms with Crippen molar-refractivity contribution in [3.63, 3.8) is 0 Å². The van der Waals surface area contributed by atoms with E-state index in [0.717, 1.165) is 50.6 Å². The summed E-state index contributed by atoms with van der Waals surface area (Å²) in [6.07, 6.45) is 6.39. The topological polar surface area (TPSA) is 125 Å². The Morgan fingerprint density at radius 2 is 2.17 bits per heavy atom. The second kappa shape index (κ2) is 9.04. The third-order valence-electron chi connectivity index (χ3n) is 7.92. The summed E-state index contributed by atoms with van der Waals surface area (Å²) >= 11 is 0. The molecule has 5 atom stereocenters. The zero-order chi connectivity index (χ0) is 24.8. The summed E-state index contributed by atoms with van der Waals surface area (Å²) in [6.45, 7) is 5.79. The van der Waals surface area contributed by atoms with Gasteiger partial charge in [0.05, 0.1) is 5.60 Å². The molecule has 4 bridgehead atoms. The Balaban J connectivity index is 1.41. The van der Waals surface area contributed by atoms with E-state index in [-0.39, 0.29) is 47.9 Å². The van der Waals surface area contributed by atoms with Crippen molar-refractivity contribution in [3.05, 3.63) is 23.3 Å². The average molecular weight is 487 g/mol. The maximum absolute atomic E-state index is 15.4. The highest BCUT2D eigenvalue weighted by atomic mass is 19.1. The number of rotatable bonds is 9. The number of unbranched alkanes of at least 4 members (excludes halogenated alkanes) is 1. The Morgan fingerprint density at radius 3 is 2.86 bits per heavy atom. The van der Waals surface area contributed by atoms with Crippen molar-refractivity contribution in [2.45, 2.75) is 90.4 Å². The molecule has 10 heteroatoms. The van der Waals surface area contributed by atoms with Crippen LogP contribution in [0.1, 0.15) is 76.6 Å². The highest BCUT2D eigenvalue weighted by Gasteiger charge is 2.60. The Labute approximate surface area is 204 Å². The van der Waals surface area contributed by atoms with E-state index >= 15 is 4.39 Å². The summed E-state index contributed by atoms with van der Waals surface area (Å²) < 4.78 is 20.7. The van der Waals surface area contributed by atoms with Crippen LogP contribution in [0.25, 0.3) is 0 Å². The maximum Gasteiger partial charge on any atom is 0.306 e. The van der Waals surface area contributed by atoms with Gasteiger partial charge >= 0.3 is 5.97 Å². The van der Waals surface area contributed by atoms with Crippen LogP contribution in [-0.4, -0.2) is 42.9 Å². The lowest BCUT2D eigenvalue weighted by Gasteiger charge is -2.63. The highest BCUT2D eigenvalue weighted by molar-refractivity contribution is 5.69. The Morgan fingerprint density at radius 1 is 1.34 bits per heavy atom. The second-order valence-electron chi connectivity index (χ2n) is 11.1. The second-order valence-corrected chi connectivity index (χ2v) is 11.1. The smallest absolute Gasteiger partial charge is 0.306 e. The average Bonchev–Trinajstić information content (AvgIpc) is 3.19. The molecule has 4 aliphatic carbocycles. The van der Waals surface area contributed by atoms with E-state index < -0.39 is 11.4 Å². The van der Waals surface area contributed by atoms with Crippen molar-refractivity contribution in [1.82, 2.24) is 20.2 Å². The van der Waals surface area contributed by atoms with Crippen LogP contribution in [0.5, 0.6) is 0 Å². The lowest BCUT2D eigenvalue weighted by Crippen LogP contribution is -2.63. The molecular formula is C25H35FN6O3. The molecule has 0 amide bonds. The number of aliphatic hydroxyl groups is 1. The molecule has 2 aromatic rings. The number of aryl methyl sites for hydroxylation is 1. The maximum atomic E-state index is 15.4. The van der Waals surface area contributed by atoms with Gasteiger partial charge in [0, 0.05) is 24.2 Å². The van der Waals surface area contributed by atoms with Gasteiger partial charge in [0.15, 0.2) is 17.5 Å². The summed E-state index contributed by atoms with van der Waals surface area (Å²) in [4.78, 5) is 20.9. The predicted molar refractivity (Wildman–Crippen MR) is 128 cm³/mol. The number of anilines is 3. The number of ether oxygens (including phenoxy) is 1. The Hall–Kier alpha value is -2.75. The molecule has 4 saturated carbocycles. The summed E-state index contributed by atoms with van der Waals surface area (Å²) in [5, 5.41) is 24.4. The normalized spacial score (nSPS) is 30.9. The minimum Gasteiger partial charge on any atom is -0.459 e. The molecule has 35 heavy (non-hydrogen) atoms. The Kier molecular flexibility index (Phi) is 6.19. The zero-order valence-corrected chi connectivity index (χ0v) is 20.7. The summed E-state index contributed by atoms with van der Waals surface area (Å²) in [6, 6.07) is 1.82. The van der Waals surface area contributed by atoms with E-state index in [2.05, 4.69) is 37.7 Å². The van der Waals surface area contributed by atoms with Gasteiger partial charge in [-0.05, 0) is 62.7 Å². The minimum atomic E-state index is -0.676. The molecule has 190 valence electrons. The van der Waals surface area contributed by atoms with E-state index in [1.54, 1.807) is 6.07 Å². The number of carbonyl (C=O) groups excluding carboxylic acids is 1. The molecule has 4 aliphatic rings. The van der Waals surface area contributed by atoms with Crippen molar-refractivity contribution < 1.29 is 19.0 Å². The fourth-order valence-corrected chi connectivity index (χ4v) is 6.86. The largest absolute Gasteiger partial charge is 0.459 e. The van der Waals surface area contributed by atoms with Crippen LogP contribution in [0.3, 0.4) is 0 Å². The molecule has 0 saturated heterocycles. The van der Waals surface area contributed by atoms with Crippen molar-refractivity contribution in [3.8, 4) is 0 Å². The lowest BCUT2D eigenvalue weighted by atomic mass is 9.46. The molecule has 0 aliphatic heterocycles. The Bertz CT molecular complexity index is 1110. The van der Waals surface area contributed by atoms with Crippen LogP contribution in [0, 0.1) is 30.0 Å². The first-order valence-corrected chi connectivity index (χ1v) is 12.7. The molecule has 2 heterocycles. The monoisotopic (exact) mass is 486 g/mol. The molecule has 6 rings (SSSR count). The van der Waals surface area contributed by atoms with Gasteiger partial charge in [-0.3, -0.25) is 9.89 Å². The van der Waals surface area contributed by atoms with Gasteiger partial charge in [-0.1, -0.05) is 20.3 Å². The van der Waals surface area contributed by atoms with E-state index in [0.29, 0.717) is 17.7 Å². The number of carbonyl (C=O) groups is 1. The number of nitrogens with one attached hydrogen (secondary N) is 3. The number of esters is 1. The fraction of sp³-hybridized carbons (Fsp3) is 0.680. The van der Waals surface area contributed by atoms with Crippen LogP contribution in [0.2, 0.25) is 0 Å². The number of hydrogen-bond acceptors (Lipinski definition) is 8. The number of H-pyrrole nitrogens is 1. The predicted octanol–water partition coefficient (Wildman–Crippen LogP) is 4.37. The van der Waals surface area contributed by atoms with Gasteiger partial charge in [0.1, 0.15) is 12.3 Å². The zero-order valence-electron chi connectivity index (χ0n) is 20.7. The van der Waals surface area contributed by atoms with E-state index in [9.17, 15) is 9.90 Å². The van der Waals surface area contributed by atoms with Gasteiger partial charge in [-0.2, -0.15) is 10.1 Å². The molecule has 0 aromatic carbocycles. The molecule has 0 spiro atoms. The molecule has 9 nitrogen and oxygen atoms in total. The molecule has 2 aromatic heterocycles. The lowest BCUT2D eigenvalue weighted by molar-refractivity contribution is -0.163.